The second kappa shape index (κ2) is 7.33. The van der Waals surface area contributed by atoms with Gasteiger partial charge in [0.2, 0.25) is 0 Å². The molecule has 4 rings (SSSR count). The summed E-state index contributed by atoms with van der Waals surface area (Å²) in [6.07, 6.45) is 5.73. The minimum Gasteiger partial charge on any atom is -0.368 e. The third kappa shape index (κ3) is 3.51. The topological polar surface area (TPSA) is 62.7 Å². The quantitative estimate of drug-likeness (QED) is 0.753. The standard InChI is InChI=1S/C20H22FN5/c1-13-4-5-15(9-16(13)21)17-10-18-19(24-8-7-23-18)20(26-17)25-12-14-3-2-6-22-11-14/h4-5,7-10,14,22H,2-3,6,11-12H2,1H3,(H,25,26). The zero-order valence-corrected chi connectivity index (χ0v) is 14.8. The van der Waals surface area contributed by atoms with Gasteiger partial charge in [0.05, 0.1) is 11.2 Å². The Labute approximate surface area is 152 Å². The number of nitrogens with zero attached hydrogens (tertiary/aromatic N) is 3. The number of pyridine rings is 1. The molecule has 0 bridgehead atoms. The van der Waals surface area contributed by atoms with Gasteiger partial charge in [0.1, 0.15) is 11.3 Å². The minimum atomic E-state index is -0.230. The Bertz CT molecular complexity index is 921. The molecule has 134 valence electrons. The van der Waals surface area contributed by atoms with Gasteiger partial charge in [-0.2, -0.15) is 0 Å². The molecule has 2 N–H and O–H groups in total. The molecule has 1 aromatic carbocycles. The first kappa shape index (κ1) is 16.8. The Morgan fingerprint density at radius 1 is 1.23 bits per heavy atom. The molecule has 3 aromatic rings. The molecule has 1 fully saturated rings. The van der Waals surface area contributed by atoms with Crippen molar-refractivity contribution in [3.63, 3.8) is 0 Å². The number of hydrogen-bond acceptors (Lipinski definition) is 5. The summed E-state index contributed by atoms with van der Waals surface area (Å²) in [5.41, 5.74) is 3.55. The van der Waals surface area contributed by atoms with Crippen LogP contribution in [0.4, 0.5) is 10.2 Å². The molecule has 1 atom stereocenters. The second-order valence-electron chi connectivity index (χ2n) is 6.84. The number of fused-ring (bicyclic) bond motifs is 1. The number of hydrogen-bond donors (Lipinski definition) is 2. The van der Waals surface area contributed by atoms with Gasteiger partial charge < -0.3 is 10.6 Å². The van der Waals surface area contributed by atoms with Crippen molar-refractivity contribution in [3.05, 3.63) is 48.0 Å². The van der Waals surface area contributed by atoms with Crippen molar-refractivity contribution >= 4 is 16.9 Å². The minimum absolute atomic E-state index is 0.230. The average molecular weight is 351 g/mol. The Hall–Kier alpha value is -2.60. The van der Waals surface area contributed by atoms with Crippen LogP contribution >= 0.6 is 0 Å². The van der Waals surface area contributed by atoms with Gasteiger partial charge in [-0.1, -0.05) is 12.1 Å². The molecule has 5 nitrogen and oxygen atoms in total. The molecule has 0 amide bonds. The molecule has 26 heavy (non-hydrogen) atoms. The van der Waals surface area contributed by atoms with E-state index in [4.69, 9.17) is 4.98 Å². The summed E-state index contributed by atoms with van der Waals surface area (Å²) in [5.74, 6) is 1.04. The van der Waals surface area contributed by atoms with Crippen LogP contribution in [0.1, 0.15) is 18.4 Å². The van der Waals surface area contributed by atoms with Crippen LogP contribution in [0.25, 0.3) is 22.3 Å². The van der Waals surface area contributed by atoms with Gasteiger partial charge in [0, 0.05) is 24.5 Å². The van der Waals surface area contributed by atoms with Crippen molar-refractivity contribution in [2.24, 2.45) is 5.92 Å². The Kier molecular flexibility index (Phi) is 4.75. The molecular formula is C20H22FN5. The van der Waals surface area contributed by atoms with E-state index in [1.165, 1.54) is 18.9 Å². The lowest BCUT2D eigenvalue weighted by Gasteiger charge is -2.23. The van der Waals surface area contributed by atoms with Crippen LogP contribution in [0.15, 0.2) is 36.7 Å². The summed E-state index contributed by atoms with van der Waals surface area (Å²) < 4.78 is 14.0. The smallest absolute Gasteiger partial charge is 0.154 e. The highest BCUT2D eigenvalue weighted by Gasteiger charge is 2.15. The summed E-state index contributed by atoms with van der Waals surface area (Å²) in [6, 6.07) is 7.04. The maximum absolute atomic E-state index is 14.0. The highest BCUT2D eigenvalue weighted by atomic mass is 19.1. The van der Waals surface area contributed by atoms with Crippen molar-refractivity contribution in [2.45, 2.75) is 19.8 Å². The first-order valence-electron chi connectivity index (χ1n) is 9.03. The lowest BCUT2D eigenvalue weighted by molar-refractivity contribution is 0.392. The number of aromatic nitrogens is 3. The SMILES string of the molecule is Cc1ccc(-c2cc3nccnc3c(NCC3CCCNC3)n2)cc1F. The lowest BCUT2D eigenvalue weighted by Crippen LogP contribution is -2.33. The molecular weight excluding hydrogens is 329 g/mol. The van der Waals surface area contributed by atoms with Gasteiger partial charge in [-0.25, -0.2) is 14.4 Å². The molecule has 0 aliphatic carbocycles. The van der Waals surface area contributed by atoms with Crippen molar-refractivity contribution in [1.29, 1.82) is 0 Å². The molecule has 1 saturated heterocycles. The van der Waals surface area contributed by atoms with Gasteiger partial charge in [-0.05, 0) is 56.5 Å². The van der Waals surface area contributed by atoms with Gasteiger partial charge >= 0.3 is 0 Å². The fourth-order valence-electron chi connectivity index (χ4n) is 3.33. The highest BCUT2D eigenvalue weighted by Crippen LogP contribution is 2.27. The summed E-state index contributed by atoms with van der Waals surface area (Å²) in [7, 11) is 0. The fourth-order valence-corrected chi connectivity index (χ4v) is 3.33. The van der Waals surface area contributed by atoms with Gasteiger partial charge in [-0.15, -0.1) is 0 Å². The molecule has 2 aromatic heterocycles. The van der Waals surface area contributed by atoms with Crippen LogP contribution < -0.4 is 10.6 Å². The second-order valence-corrected chi connectivity index (χ2v) is 6.84. The van der Waals surface area contributed by atoms with E-state index in [1.54, 1.807) is 25.4 Å². The predicted molar refractivity (Wildman–Crippen MR) is 102 cm³/mol. The van der Waals surface area contributed by atoms with E-state index in [-0.39, 0.29) is 5.82 Å². The Morgan fingerprint density at radius 2 is 2.12 bits per heavy atom. The number of nitrogens with one attached hydrogen (secondary N) is 2. The molecule has 1 unspecified atom stereocenters. The van der Waals surface area contributed by atoms with E-state index in [1.807, 2.05) is 12.1 Å². The first-order chi connectivity index (χ1) is 12.7. The molecule has 6 heteroatoms. The van der Waals surface area contributed by atoms with Crippen LogP contribution in [0.5, 0.6) is 0 Å². The van der Waals surface area contributed by atoms with Gasteiger partial charge in [0.15, 0.2) is 5.82 Å². The maximum atomic E-state index is 14.0. The lowest BCUT2D eigenvalue weighted by atomic mass is 10.00. The molecule has 0 saturated carbocycles. The number of piperidine rings is 1. The molecule has 3 heterocycles. The zero-order chi connectivity index (χ0) is 17.9. The van der Waals surface area contributed by atoms with E-state index in [0.29, 0.717) is 23.0 Å². The van der Waals surface area contributed by atoms with E-state index in [9.17, 15) is 4.39 Å². The van der Waals surface area contributed by atoms with Crippen molar-refractivity contribution in [3.8, 4) is 11.3 Å². The predicted octanol–water partition coefficient (Wildman–Crippen LogP) is 3.55. The van der Waals surface area contributed by atoms with Crippen molar-refractivity contribution in [1.82, 2.24) is 20.3 Å². The third-order valence-electron chi connectivity index (χ3n) is 4.88. The van der Waals surface area contributed by atoms with Crippen LogP contribution in [-0.2, 0) is 0 Å². The number of aryl methyl sites for hydroxylation is 1. The molecule has 0 radical (unpaired) electrons. The van der Waals surface area contributed by atoms with Crippen molar-refractivity contribution < 1.29 is 4.39 Å². The number of halogens is 1. The van der Waals surface area contributed by atoms with Gasteiger partial charge in [0.25, 0.3) is 0 Å². The monoisotopic (exact) mass is 351 g/mol. The third-order valence-corrected chi connectivity index (χ3v) is 4.88. The molecule has 1 aliphatic heterocycles. The zero-order valence-electron chi connectivity index (χ0n) is 14.8. The van der Waals surface area contributed by atoms with Crippen molar-refractivity contribution in [2.75, 3.05) is 25.0 Å². The number of rotatable bonds is 4. The normalized spacial score (nSPS) is 17.4. The van der Waals surface area contributed by atoms with Crippen LogP contribution in [-0.4, -0.2) is 34.6 Å². The van der Waals surface area contributed by atoms with E-state index >= 15 is 0 Å². The Morgan fingerprint density at radius 3 is 2.92 bits per heavy atom. The van der Waals surface area contributed by atoms with Gasteiger partial charge in [-0.3, -0.25) is 4.98 Å². The fraction of sp³-hybridized carbons (Fsp3) is 0.350. The Balaban J connectivity index is 1.69. The van der Waals surface area contributed by atoms with Crippen LogP contribution in [0, 0.1) is 18.7 Å². The summed E-state index contributed by atoms with van der Waals surface area (Å²) in [6.45, 7) is 4.69. The highest BCUT2D eigenvalue weighted by molar-refractivity contribution is 5.88. The van der Waals surface area contributed by atoms with E-state index in [0.717, 1.165) is 36.2 Å². The van der Waals surface area contributed by atoms with E-state index in [2.05, 4.69) is 20.6 Å². The maximum Gasteiger partial charge on any atom is 0.154 e. The molecule has 0 spiro atoms. The first-order valence-corrected chi connectivity index (χ1v) is 9.03. The summed E-state index contributed by atoms with van der Waals surface area (Å²) in [5, 5.41) is 6.87. The van der Waals surface area contributed by atoms with Crippen LogP contribution in [0.3, 0.4) is 0 Å². The number of anilines is 1. The summed E-state index contributed by atoms with van der Waals surface area (Å²) >= 11 is 0. The molecule has 1 aliphatic rings. The average Bonchev–Trinajstić information content (AvgIpc) is 2.69. The van der Waals surface area contributed by atoms with Crippen LogP contribution in [0.2, 0.25) is 0 Å². The largest absolute Gasteiger partial charge is 0.368 e. The van der Waals surface area contributed by atoms with E-state index < -0.39 is 0 Å². The summed E-state index contributed by atoms with van der Waals surface area (Å²) in [4.78, 5) is 13.6. The number of benzene rings is 1.